The Morgan fingerprint density at radius 3 is 2.58 bits per heavy atom. The van der Waals surface area contributed by atoms with Crippen molar-refractivity contribution in [3.8, 4) is 0 Å². The number of carbonyl (C=O) groups is 1. The van der Waals surface area contributed by atoms with Crippen molar-refractivity contribution < 1.29 is 4.79 Å². The Kier molecular flexibility index (Phi) is 5.88. The first kappa shape index (κ1) is 17.5. The van der Waals surface area contributed by atoms with E-state index >= 15 is 0 Å². The molecule has 6 nitrogen and oxygen atoms in total. The third kappa shape index (κ3) is 4.86. The lowest BCUT2D eigenvalue weighted by Crippen LogP contribution is -2.26. The average Bonchev–Trinajstić information content (AvgIpc) is 2.72. The van der Waals surface area contributed by atoms with Gasteiger partial charge in [0.15, 0.2) is 0 Å². The molecule has 0 saturated carbocycles. The molecule has 0 unspecified atom stereocenters. The molecule has 3 aromatic rings. The maximum absolute atomic E-state index is 12.3. The van der Waals surface area contributed by atoms with E-state index in [-0.39, 0.29) is 5.91 Å². The Labute approximate surface area is 153 Å². The first-order valence-corrected chi connectivity index (χ1v) is 8.46. The van der Waals surface area contributed by atoms with Gasteiger partial charge in [-0.1, -0.05) is 30.3 Å². The van der Waals surface area contributed by atoms with Crippen LogP contribution >= 0.6 is 0 Å². The molecule has 0 aliphatic heterocycles. The van der Waals surface area contributed by atoms with Crippen LogP contribution in [0.5, 0.6) is 0 Å². The zero-order valence-corrected chi connectivity index (χ0v) is 14.7. The Balaban J connectivity index is 1.59. The molecule has 0 aliphatic carbocycles. The number of hydrogen-bond donors (Lipinski definition) is 1. The Bertz CT molecular complexity index is 839. The van der Waals surface area contributed by atoms with Gasteiger partial charge in [0.25, 0.3) is 5.91 Å². The predicted molar refractivity (Wildman–Crippen MR) is 101 cm³/mol. The molecule has 3 rings (SSSR count). The minimum atomic E-state index is -0.208. The minimum Gasteiger partial charge on any atom is -0.359 e. The van der Waals surface area contributed by atoms with E-state index in [0.29, 0.717) is 12.2 Å². The summed E-state index contributed by atoms with van der Waals surface area (Å²) in [6.45, 7) is 1.25. The number of pyridine rings is 1. The number of aromatic nitrogens is 3. The van der Waals surface area contributed by atoms with E-state index < -0.39 is 0 Å². The molecule has 132 valence electrons. The summed E-state index contributed by atoms with van der Waals surface area (Å²) < 4.78 is 0. The first-order chi connectivity index (χ1) is 12.7. The van der Waals surface area contributed by atoms with E-state index in [9.17, 15) is 4.79 Å². The Morgan fingerprint density at radius 2 is 1.81 bits per heavy atom. The normalized spacial score (nSPS) is 10.3. The van der Waals surface area contributed by atoms with Crippen LogP contribution in [0.25, 0.3) is 0 Å². The van der Waals surface area contributed by atoms with Crippen molar-refractivity contribution in [3.63, 3.8) is 0 Å². The molecule has 0 bridgehead atoms. The van der Waals surface area contributed by atoms with Gasteiger partial charge in [-0.3, -0.25) is 9.78 Å². The van der Waals surface area contributed by atoms with Gasteiger partial charge in [0, 0.05) is 38.6 Å². The third-order valence-electron chi connectivity index (χ3n) is 4.06. The molecule has 1 N–H and O–H groups in total. The SMILES string of the molecule is CN(CCc1ccncc1)c1cc(C(=O)NCc2ccccc2)ncn1. The standard InChI is InChI=1S/C20H21N5O/c1-25(12-9-16-7-10-21-11-8-16)19-13-18(23-15-24-19)20(26)22-14-17-5-3-2-4-6-17/h2-8,10-11,13,15H,9,12,14H2,1H3,(H,22,26). The second-order valence-corrected chi connectivity index (χ2v) is 5.96. The van der Waals surface area contributed by atoms with Gasteiger partial charge in [-0.15, -0.1) is 0 Å². The molecule has 2 aromatic heterocycles. The van der Waals surface area contributed by atoms with Crippen molar-refractivity contribution in [2.45, 2.75) is 13.0 Å². The van der Waals surface area contributed by atoms with Gasteiger partial charge in [-0.25, -0.2) is 9.97 Å². The largest absolute Gasteiger partial charge is 0.359 e. The van der Waals surface area contributed by atoms with Gasteiger partial charge in [0.1, 0.15) is 17.8 Å². The fourth-order valence-electron chi connectivity index (χ4n) is 2.51. The van der Waals surface area contributed by atoms with Gasteiger partial charge >= 0.3 is 0 Å². The van der Waals surface area contributed by atoms with Crippen LogP contribution < -0.4 is 10.2 Å². The molecule has 0 aliphatic rings. The molecule has 0 atom stereocenters. The summed E-state index contributed by atoms with van der Waals surface area (Å²) in [7, 11) is 1.95. The number of rotatable bonds is 7. The van der Waals surface area contributed by atoms with E-state index in [2.05, 4.69) is 20.3 Å². The van der Waals surface area contributed by atoms with E-state index in [1.165, 1.54) is 11.9 Å². The molecular formula is C20H21N5O. The lowest BCUT2D eigenvalue weighted by atomic mass is 10.2. The number of nitrogens with one attached hydrogen (secondary N) is 1. The van der Waals surface area contributed by atoms with E-state index in [4.69, 9.17) is 0 Å². The lowest BCUT2D eigenvalue weighted by Gasteiger charge is -2.18. The Hall–Kier alpha value is -3.28. The van der Waals surface area contributed by atoms with Crippen LogP contribution in [0.15, 0.2) is 67.3 Å². The monoisotopic (exact) mass is 347 g/mol. The summed E-state index contributed by atoms with van der Waals surface area (Å²) in [5.41, 5.74) is 2.62. The highest BCUT2D eigenvalue weighted by Crippen LogP contribution is 2.11. The van der Waals surface area contributed by atoms with E-state index in [1.807, 2.05) is 54.4 Å². The van der Waals surface area contributed by atoms with Gasteiger partial charge in [-0.2, -0.15) is 0 Å². The minimum absolute atomic E-state index is 0.208. The quantitative estimate of drug-likeness (QED) is 0.711. The molecule has 26 heavy (non-hydrogen) atoms. The van der Waals surface area contributed by atoms with Crippen LogP contribution in [-0.4, -0.2) is 34.5 Å². The van der Waals surface area contributed by atoms with Gasteiger partial charge in [0.05, 0.1) is 0 Å². The lowest BCUT2D eigenvalue weighted by molar-refractivity contribution is 0.0946. The van der Waals surface area contributed by atoms with Crippen LogP contribution in [0.2, 0.25) is 0 Å². The summed E-state index contributed by atoms with van der Waals surface area (Å²) in [6, 6.07) is 15.5. The van der Waals surface area contributed by atoms with Gasteiger partial charge in [-0.05, 0) is 29.7 Å². The van der Waals surface area contributed by atoms with Crippen molar-refractivity contribution in [1.29, 1.82) is 0 Å². The van der Waals surface area contributed by atoms with E-state index in [0.717, 1.165) is 24.3 Å². The number of benzene rings is 1. The molecule has 0 saturated heterocycles. The summed E-state index contributed by atoms with van der Waals surface area (Å²) in [4.78, 5) is 26.7. The fourth-order valence-corrected chi connectivity index (χ4v) is 2.51. The summed E-state index contributed by atoms with van der Waals surface area (Å²) in [6.07, 6.45) is 5.87. The molecular weight excluding hydrogens is 326 g/mol. The summed E-state index contributed by atoms with van der Waals surface area (Å²) >= 11 is 0. The number of likely N-dealkylation sites (N-methyl/N-ethyl adjacent to an activating group) is 1. The molecule has 0 fully saturated rings. The number of hydrogen-bond acceptors (Lipinski definition) is 5. The number of anilines is 1. The molecule has 2 heterocycles. The van der Waals surface area contributed by atoms with Gasteiger partial charge < -0.3 is 10.2 Å². The molecule has 0 radical (unpaired) electrons. The molecule has 0 spiro atoms. The average molecular weight is 347 g/mol. The van der Waals surface area contributed by atoms with Gasteiger partial charge in [0.2, 0.25) is 0 Å². The zero-order valence-electron chi connectivity index (χ0n) is 14.7. The first-order valence-electron chi connectivity index (χ1n) is 8.46. The highest BCUT2D eigenvalue weighted by molar-refractivity contribution is 5.92. The van der Waals surface area contributed by atoms with Crippen LogP contribution in [-0.2, 0) is 13.0 Å². The van der Waals surface area contributed by atoms with Crippen molar-refractivity contribution in [2.75, 3.05) is 18.5 Å². The van der Waals surface area contributed by atoms with Crippen molar-refractivity contribution >= 4 is 11.7 Å². The highest BCUT2D eigenvalue weighted by atomic mass is 16.1. The number of amides is 1. The maximum Gasteiger partial charge on any atom is 0.270 e. The summed E-state index contributed by atoms with van der Waals surface area (Å²) in [5, 5.41) is 2.88. The topological polar surface area (TPSA) is 71.0 Å². The number of carbonyl (C=O) groups excluding carboxylic acids is 1. The van der Waals surface area contributed by atoms with Crippen LogP contribution in [0, 0.1) is 0 Å². The van der Waals surface area contributed by atoms with Crippen molar-refractivity contribution in [2.24, 2.45) is 0 Å². The molecule has 1 amide bonds. The van der Waals surface area contributed by atoms with Crippen LogP contribution in [0.1, 0.15) is 21.6 Å². The highest BCUT2D eigenvalue weighted by Gasteiger charge is 2.11. The predicted octanol–water partition coefficient (Wildman–Crippen LogP) is 2.48. The molecule has 1 aromatic carbocycles. The second kappa shape index (κ2) is 8.71. The fraction of sp³-hybridized carbons (Fsp3) is 0.200. The van der Waals surface area contributed by atoms with E-state index in [1.54, 1.807) is 18.5 Å². The third-order valence-corrected chi connectivity index (χ3v) is 4.06. The smallest absolute Gasteiger partial charge is 0.270 e. The number of nitrogens with zero attached hydrogens (tertiary/aromatic N) is 4. The zero-order chi connectivity index (χ0) is 18.2. The van der Waals surface area contributed by atoms with Crippen LogP contribution in [0.4, 0.5) is 5.82 Å². The second-order valence-electron chi connectivity index (χ2n) is 5.96. The maximum atomic E-state index is 12.3. The van der Waals surface area contributed by atoms with Crippen molar-refractivity contribution in [3.05, 3.63) is 84.1 Å². The van der Waals surface area contributed by atoms with Crippen molar-refractivity contribution in [1.82, 2.24) is 20.3 Å². The van der Waals surface area contributed by atoms with Crippen LogP contribution in [0.3, 0.4) is 0 Å². The summed E-state index contributed by atoms with van der Waals surface area (Å²) in [5.74, 6) is 0.513. The Morgan fingerprint density at radius 1 is 1.04 bits per heavy atom. The molecule has 6 heteroatoms.